The van der Waals surface area contributed by atoms with Gasteiger partial charge in [-0.2, -0.15) is 0 Å². The molecule has 0 aromatic carbocycles. The normalized spacial score (nSPS) is 24.8. The van der Waals surface area contributed by atoms with E-state index in [0.29, 0.717) is 30.6 Å². The Morgan fingerprint density at radius 1 is 0.900 bits per heavy atom. The van der Waals surface area contributed by atoms with Gasteiger partial charge in [0.25, 0.3) is 0 Å². The van der Waals surface area contributed by atoms with Crippen molar-refractivity contribution in [1.82, 2.24) is 0 Å². The van der Waals surface area contributed by atoms with E-state index in [1.165, 1.54) is 10.4 Å². The fourth-order valence-corrected chi connectivity index (χ4v) is 6.20. The Bertz CT molecular complexity index is 228. The van der Waals surface area contributed by atoms with Crippen molar-refractivity contribution >= 4 is 39.2 Å². The third-order valence-electron chi connectivity index (χ3n) is 1.55. The van der Waals surface area contributed by atoms with Gasteiger partial charge in [-0.15, -0.1) is 0 Å². The van der Waals surface area contributed by atoms with Gasteiger partial charge in [0.2, 0.25) is 0 Å². The molecule has 2 aliphatic heterocycles. The summed E-state index contributed by atoms with van der Waals surface area (Å²) in [6.45, 7) is 0. The number of allylic oxidation sites excluding steroid dienone is 4. The van der Waals surface area contributed by atoms with Crippen LogP contribution in [0.15, 0.2) is 24.3 Å². The van der Waals surface area contributed by atoms with Crippen LogP contribution < -0.4 is 0 Å². The molecule has 0 saturated heterocycles. The molecular weight excluding hydrogens is 246 g/mol. The first kappa shape index (κ1) is 7.01. The van der Waals surface area contributed by atoms with Gasteiger partial charge in [0.1, 0.15) is 0 Å². The second-order valence-corrected chi connectivity index (χ2v) is 7.14. The van der Waals surface area contributed by atoms with Crippen molar-refractivity contribution in [3.63, 3.8) is 0 Å². The molecule has 0 spiro atoms. The van der Waals surface area contributed by atoms with Crippen LogP contribution in [0.4, 0.5) is 0 Å². The van der Waals surface area contributed by atoms with Gasteiger partial charge in [-0.25, -0.2) is 0 Å². The van der Waals surface area contributed by atoms with Crippen molar-refractivity contribution < 1.29 is 0 Å². The zero-order chi connectivity index (χ0) is 6.81. The SMILES string of the molecule is C1=CC(C2=[As]CC=C2)=[As]C1. The zero-order valence-electron chi connectivity index (χ0n) is 5.62. The maximum absolute atomic E-state index is 2.35. The second kappa shape index (κ2) is 3.16. The molecule has 0 bridgehead atoms. The van der Waals surface area contributed by atoms with Gasteiger partial charge in [-0.05, 0) is 0 Å². The molecule has 2 heterocycles. The number of rotatable bonds is 1. The van der Waals surface area contributed by atoms with E-state index in [2.05, 4.69) is 24.3 Å². The third-order valence-corrected chi connectivity index (χ3v) is 7.10. The van der Waals surface area contributed by atoms with Gasteiger partial charge in [0.15, 0.2) is 0 Å². The van der Waals surface area contributed by atoms with Crippen LogP contribution in [-0.4, -0.2) is 39.2 Å². The maximum atomic E-state index is 2.35. The van der Waals surface area contributed by atoms with Gasteiger partial charge < -0.3 is 0 Å². The van der Waals surface area contributed by atoms with E-state index in [4.69, 9.17) is 0 Å². The van der Waals surface area contributed by atoms with Crippen LogP contribution in [0.25, 0.3) is 0 Å². The molecule has 2 rings (SSSR count). The second-order valence-electron chi connectivity index (χ2n) is 2.26. The quantitative estimate of drug-likeness (QED) is 0.605. The van der Waals surface area contributed by atoms with E-state index in [1.54, 1.807) is 8.61 Å². The Labute approximate surface area is 73.8 Å². The van der Waals surface area contributed by atoms with Crippen LogP contribution in [-0.2, 0) is 0 Å². The van der Waals surface area contributed by atoms with E-state index in [1.807, 2.05) is 0 Å². The van der Waals surface area contributed by atoms with Gasteiger partial charge in [-0.3, -0.25) is 0 Å². The monoisotopic (exact) mass is 254 g/mol. The van der Waals surface area contributed by atoms with Gasteiger partial charge in [-0.1, -0.05) is 0 Å². The Hall–Kier alpha value is 0.337. The molecule has 0 nitrogen and oxygen atoms in total. The van der Waals surface area contributed by atoms with E-state index in [-0.39, 0.29) is 0 Å². The zero-order valence-corrected chi connectivity index (χ0v) is 9.37. The van der Waals surface area contributed by atoms with Crippen molar-refractivity contribution in [1.29, 1.82) is 0 Å². The molecule has 0 saturated carbocycles. The molecule has 0 radical (unpaired) electrons. The summed E-state index contributed by atoms with van der Waals surface area (Å²) in [4.78, 5) is 0. The van der Waals surface area contributed by atoms with Gasteiger partial charge in [0.05, 0.1) is 0 Å². The molecule has 0 atom stereocenters. The average molecular weight is 254 g/mol. The van der Waals surface area contributed by atoms with E-state index < -0.39 is 0 Å². The molecule has 2 aliphatic rings. The van der Waals surface area contributed by atoms with Crippen LogP contribution in [0.5, 0.6) is 0 Å². The molecule has 10 heavy (non-hydrogen) atoms. The van der Waals surface area contributed by atoms with Crippen LogP contribution in [0.2, 0.25) is 10.4 Å². The molecule has 2 heteroatoms. The first-order valence-electron chi connectivity index (χ1n) is 3.39. The van der Waals surface area contributed by atoms with Gasteiger partial charge in [0, 0.05) is 0 Å². The summed E-state index contributed by atoms with van der Waals surface area (Å²) in [5.41, 5.74) is 0. The van der Waals surface area contributed by atoms with Crippen LogP contribution in [0.3, 0.4) is 0 Å². The summed E-state index contributed by atoms with van der Waals surface area (Å²) in [6, 6.07) is 0. The molecule has 0 aromatic heterocycles. The Kier molecular flexibility index (Phi) is 2.21. The third kappa shape index (κ3) is 1.33. The molecule has 0 aliphatic carbocycles. The van der Waals surface area contributed by atoms with E-state index in [0.717, 1.165) is 0 Å². The van der Waals surface area contributed by atoms with Crippen LogP contribution in [0, 0.1) is 0 Å². The number of hydrogen-bond acceptors (Lipinski definition) is 0. The van der Waals surface area contributed by atoms with Crippen molar-refractivity contribution in [3.8, 4) is 0 Å². The first-order chi connectivity index (χ1) is 4.97. The summed E-state index contributed by atoms with van der Waals surface area (Å²) >= 11 is 1.07. The average Bonchev–Trinajstić information content (AvgIpc) is 2.59. The van der Waals surface area contributed by atoms with Crippen LogP contribution in [0.1, 0.15) is 0 Å². The molecule has 0 amide bonds. The van der Waals surface area contributed by atoms with Crippen molar-refractivity contribution in [2.75, 3.05) is 0 Å². The molecule has 0 N–H and O–H groups in total. The fraction of sp³-hybridized carbons (Fsp3) is 0.250. The summed E-state index contributed by atoms with van der Waals surface area (Å²) in [5.74, 6) is 0. The van der Waals surface area contributed by atoms with Crippen molar-refractivity contribution in [3.05, 3.63) is 24.3 Å². The summed E-state index contributed by atoms with van der Waals surface area (Å²) in [7, 11) is 0. The minimum absolute atomic E-state index is 0.537. The Morgan fingerprint density at radius 2 is 1.40 bits per heavy atom. The Morgan fingerprint density at radius 3 is 1.70 bits per heavy atom. The summed E-state index contributed by atoms with van der Waals surface area (Å²) < 4.78 is 3.43. The molecule has 0 fully saturated rings. The van der Waals surface area contributed by atoms with Gasteiger partial charge >= 0.3 is 73.9 Å². The Balaban J connectivity index is 2.26. The van der Waals surface area contributed by atoms with Crippen LogP contribution >= 0.6 is 0 Å². The van der Waals surface area contributed by atoms with Crippen molar-refractivity contribution in [2.45, 2.75) is 10.4 Å². The fourth-order valence-electron chi connectivity index (χ4n) is 1.07. The standard InChI is InChI=1S/C8H8As2/c1-3-7(9-5-1)8-4-2-6-10-8/h1-4H,5-6H2. The van der Waals surface area contributed by atoms with E-state index >= 15 is 0 Å². The summed E-state index contributed by atoms with van der Waals surface area (Å²) in [6.07, 6.45) is 9.35. The predicted molar refractivity (Wildman–Crippen MR) is 49.4 cm³/mol. The molecular formula is C8H8As2. The predicted octanol–water partition coefficient (Wildman–Crippen LogP) is 0.716. The molecule has 50 valence electrons. The van der Waals surface area contributed by atoms with E-state index in [9.17, 15) is 0 Å². The topological polar surface area (TPSA) is 0 Å². The molecule has 0 unspecified atom stereocenters. The summed E-state index contributed by atoms with van der Waals surface area (Å²) in [5, 5.41) is 2.73. The molecule has 0 aromatic rings. The minimum atomic E-state index is 0.537. The van der Waals surface area contributed by atoms with Crippen molar-refractivity contribution in [2.24, 2.45) is 0 Å². The first-order valence-corrected chi connectivity index (χ1v) is 7.92. The number of hydrogen-bond donors (Lipinski definition) is 0.